The Bertz CT molecular complexity index is 561. The van der Waals surface area contributed by atoms with Gasteiger partial charge < -0.3 is 19.9 Å². The molecular formula is C16H32N4O4S. The van der Waals surface area contributed by atoms with Crippen molar-refractivity contribution in [2.75, 3.05) is 51.6 Å². The lowest BCUT2D eigenvalue weighted by molar-refractivity contribution is 0.0914. The number of amides is 1. The average molecular weight is 377 g/mol. The van der Waals surface area contributed by atoms with E-state index in [-0.39, 0.29) is 18.4 Å². The molecule has 8 nitrogen and oxygen atoms in total. The van der Waals surface area contributed by atoms with Crippen molar-refractivity contribution in [3.05, 3.63) is 0 Å². The third kappa shape index (κ3) is 6.37. The molecule has 0 aromatic heterocycles. The lowest BCUT2D eigenvalue weighted by Crippen LogP contribution is -2.54. The molecule has 0 saturated carbocycles. The molecule has 1 N–H and O–H groups in total. The summed E-state index contributed by atoms with van der Waals surface area (Å²) in [5.41, 5.74) is 0. The lowest BCUT2D eigenvalue weighted by atomic mass is 10.3. The number of carbonyl (C=O) groups is 1. The molecule has 1 rings (SSSR count). The number of guanidine groups is 1. The van der Waals surface area contributed by atoms with Crippen molar-refractivity contribution < 1.29 is 17.9 Å². The van der Waals surface area contributed by atoms with Gasteiger partial charge in [-0.25, -0.2) is 13.2 Å². The average Bonchev–Trinajstić information content (AvgIpc) is 2.53. The van der Waals surface area contributed by atoms with E-state index < -0.39 is 14.6 Å². The van der Waals surface area contributed by atoms with Gasteiger partial charge in [-0.05, 0) is 34.6 Å². The van der Waals surface area contributed by atoms with Crippen LogP contribution in [0.4, 0.5) is 4.79 Å². The Morgan fingerprint density at radius 3 is 2.16 bits per heavy atom. The van der Waals surface area contributed by atoms with E-state index in [2.05, 4.69) is 10.3 Å². The molecule has 0 spiro atoms. The van der Waals surface area contributed by atoms with Crippen LogP contribution in [0.3, 0.4) is 0 Å². The van der Waals surface area contributed by atoms with Crippen LogP contribution in [0.1, 0.15) is 34.6 Å². The highest BCUT2D eigenvalue weighted by Gasteiger charge is 2.28. The summed E-state index contributed by atoms with van der Waals surface area (Å²) in [6, 6.07) is 0. The van der Waals surface area contributed by atoms with Crippen LogP contribution in [0.15, 0.2) is 4.99 Å². The molecule has 1 fully saturated rings. The number of piperazine rings is 1. The third-order valence-corrected chi connectivity index (χ3v) is 6.58. The second-order valence-electron chi connectivity index (χ2n) is 6.84. The van der Waals surface area contributed by atoms with E-state index in [0.29, 0.717) is 45.3 Å². The van der Waals surface area contributed by atoms with Crippen LogP contribution in [-0.2, 0) is 14.6 Å². The van der Waals surface area contributed by atoms with E-state index >= 15 is 0 Å². The first-order valence-electron chi connectivity index (χ1n) is 8.79. The predicted molar refractivity (Wildman–Crippen MR) is 99.7 cm³/mol. The molecule has 0 bridgehead atoms. The fourth-order valence-electron chi connectivity index (χ4n) is 2.32. The van der Waals surface area contributed by atoms with Crippen molar-refractivity contribution in [1.82, 2.24) is 15.1 Å². The minimum absolute atomic E-state index is 0.0220. The van der Waals surface area contributed by atoms with E-state index in [4.69, 9.17) is 4.74 Å². The third-order valence-electron chi connectivity index (χ3n) is 3.99. The van der Waals surface area contributed by atoms with Crippen molar-refractivity contribution >= 4 is 21.9 Å². The van der Waals surface area contributed by atoms with Gasteiger partial charge in [0.05, 0.1) is 23.7 Å². The summed E-state index contributed by atoms with van der Waals surface area (Å²) in [5.74, 6) is 0.712. The molecule has 25 heavy (non-hydrogen) atoms. The van der Waals surface area contributed by atoms with Crippen LogP contribution in [0, 0.1) is 0 Å². The minimum Gasteiger partial charge on any atom is -0.450 e. The maximum absolute atomic E-state index is 12.2. The maximum atomic E-state index is 12.2. The number of ether oxygens (including phenoxy) is 1. The SMILES string of the molecule is CCNC(=NCCS(=O)(=O)C(C)(C)C)N1CCN(C(=O)OCC)CC1. The monoisotopic (exact) mass is 376 g/mol. The van der Waals surface area contributed by atoms with Crippen molar-refractivity contribution in [2.24, 2.45) is 4.99 Å². The van der Waals surface area contributed by atoms with E-state index in [1.807, 2.05) is 11.8 Å². The van der Waals surface area contributed by atoms with E-state index in [1.165, 1.54) is 0 Å². The largest absolute Gasteiger partial charge is 0.450 e. The fourth-order valence-corrected chi connectivity index (χ4v) is 3.26. The Morgan fingerprint density at radius 1 is 1.12 bits per heavy atom. The fraction of sp³-hybridized carbons (Fsp3) is 0.875. The number of rotatable bonds is 5. The zero-order chi connectivity index (χ0) is 19.1. The zero-order valence-corrected chi connectivity index (χ0v) is 16.9. The number of hydrogen-bond acceptors (Lipinski definition) is 5. The first-order chi connectivity index (χ1) is 11.6. The van der Waals surface area contributed by atoms with Gasteiger partial charge in [-0.1, -0.05) is 0 Å². The van der Waals surface area contributed by atoms with Crippen molar-refractivity contribution in [3.63, 3.8) is 0 Å². The lowest BCUT2D eigenvalue weighted by Gasteiger charge is -2.35. The van der Waals surface area contributed by atoms with Crippen LogP contribution < -0.4 is 5.32 Å². The van der Waals surface area contributed by atoms with Gasteiger partial charge in [-0.3, -0.25) is 4.99 Å². The molecule has 1 aliphatic heterocycles. The minimum atomic E-state index is -3.19. The smallest absolute Gasteiger partial charge is 0.409 e. The quantitative estimate of drug-likeness (QED) is 0.567. The van der Waals surface area contributed by atoms with Gasteiger partial charge in [-0.15, -0.1) is 0 Å². The van der Waals surface area contributed by atoms with Crippen LogP contribution in [0.5, 0.6) is 0 Å². The highest BCUT2D eigenvalue weighted by atomic mass is 32.2. The van der Waals surface area contributed by atoms with Crippen LogP contribution >= 0.6 is 0 Å². The summed E-state index contributed by atoms with van der Waals surface area (Å²) in [6.07, 6.45) is -0.291. The molecule has 1 heterocycles. The maximum Gasteiger partial charge on any atom is 0.409 e. The highest BCUT2D eigenvalue weighted by Crippen LogP contribution is 2.15. The summed E-state index contributed by atoms with van der Waals surface area (Å²) in [5, 5.41) is 3.19. The van der Waals surface area contributed by atoms with E-state index in [9.17, 15) is 13.2 Å². The van der Waals surface area contributed by atoms with Crippen molar-refractivity contribution in [1.29, 1.82) is 0 Å². The first-order valence-corrected chi connectivity index (χ1v) is 10.4. The Labute approximate surface area is 151 Å². The van der Waals surface area contributed by atoms with E-state index in [0.717, 1.165) is 0 Å². The molecule has 0 aliphatic carbocycles. The molecule has 1 saturated heterocycles. The number of carbonyl (C=O) groups excluding carboxylic acids is 1. The normalized spacial score (nSPS) is 16.8. The molecule has 0 aromatic carbocycles. The van der Waals surface area contributed by atoms with Crippen molar-refractivity contribution in [2.45, 2.75) is 39.4 Å². The van der Waals surface area contributed by atoms with Gasteiger partial charge in [0, 0.05) is 32.7 Å². The van der Waals surface area contributed by atoms with Gasteiger partial charge >= 0.3 is 6.09 Å². The second kappa shape index (κ2) is 9.26. The van der Waals surface area contributed by atoms with Gasteiger partial charge in [0.1, 0.15) is 0 Å². The Morgan fingerprint density at radius 2 is 1.68 bits per heavy atom. The standard InChI is InChI=1S/C16H32N4O4S/c1-6-17-14(18-8-13-25(22,23)16(3,4)5)19-9-11-20(12-10-19)15(21)24-7-2/h6-13H2,1-5H3,(H,17,18). The highest BCUT2D eigenvalue weighted by molar-refractivity contribution is 7.92. The Balaban J connectivity index is 2.64. The predicted octanol–water partition coefficient (Wildman–Crippen LogP) is 0.939. The van der Waals surface area contributed by atoms with Crippen molar-refractivity contribution in [3.8, 4) is 0 Å². The molecule has 1 amide bonds. The number of sulfone groups is 1. The molecule has 146 valence electrons. The molecule has 0 unspecified atom stereocenters. The Hall–Kier alpha value is -1.51. The summed E-state index contributed by atoms with van der Waals surface area (Å²) >= 11 is 0. The number of hydrogen-bond donors (Lipinski definition) is 1. The molecule has 0 radical (unpaired) electrons. The zero-order valence-electron chi connectivity index (χ0n) is 16.0. The molecule has 9 heteroatoms. The van der Waals surface area contributed by atoms with Gasteiger partial charge in [-0.2, -0.15) is 0 Å². The summed E-state index contributed by atoms with van der Waals surface area (Å²) in [4.78, 5) is 19.9. The van der Waals surface area contributed by atoms with Crippen LogP contribution in [0.2, 0.25) is 0 Å². The first kappa shape index (κ1) is 21.5. The number of nitrogens with zero attached hydrogens (tertiary/aromatic N) is 3. The van der Waals surface area contributed by atoms with Gasteiger partial charge in [0.15, 0.2) is 15.8 Å². The summed E-state index contributed by atoms with van der Waals surface area (Å²) < 4.78 is 28.6. The van der Waals surface area contributed by atoms with E-state index in [1.54, 1.807) is 32.6 Å². The Kier molecular flexibility index (Phi) is 7.98. The second-order valence-corrected chi connectivity index (χ2v) is 9.70. The molecule has 0 aromatic rings. The number of aliphatic imine (C=N–C) groups is 1. The van der Waals surface area contributed by atoms with Gasteiger partial charge in [0.2, 0.25) is 0 Å². The molecule has 1 aliphatic rings. The van der Waals surface area contributed by atoms with Crippen LogP contribution in [-0.4, -0.2) is 86.6 Å². The van der Waals surface area contributed by atoms with Gasteiger partial charge in [0.25, 0.3) is 0 Å². The molecule has 0 atom stereocenters. The molecular weight excluding hydrogens is 344 g/mol. The summed E-state index contributed by atoms with van der Waals surface area (Å²) in [6.45, 7) is 12.5. The number of nitrogens with one attached hydrogen (secondary N) is 1. The van der Waals surface area contributed by atoms with Crippen LogP contribution in [0.25, 0.3) is 0 Å². The summed E-state index contributed by atoms with van der Waals surface area (Å²) in [7, 11) is -3.19. The topological polar surface area (TPSA) is 91.3 Å².